The predicted octanol–water partition coefficient (Wildman–Crippen LogP) is 3.39. The summed E-state index contributed by atoms with van der Waals surface area (Å²) in [5.41, 5.74) is 1.89. The van der Waals surface area contributed by atoms with E-state index < -0.39 is 11.8 Å². The maximum absolute atomic E-state index is 13.7. The Hall–Kier alpha value is -2.42. The fraction of sp³-hybridized carbons (Fsp3) is 0. The van der Waals surface area contributed by atoms with E-state index in [0.29, 0.717) is 0 Å². The Labute approximate surface area is 104 Å². The topological polar surface area (TPSA) is 37.3 Å². The fourth-order valence-electron chi connectivity index (χ4n) is 1.58. The lowest BCUT2D eigenvalue weighted by molar-refractivity contribution is -0.131. The van der Waals surface area contributed by atoms with Gasteiger partial charge in [-0.25, -0.2) is 9.18 Å². The molecule has 0 fully saturated rings. The van der Waals surface area contributed by atoms with Crippen LogP contribution in [0.4, 0.5) is 4.39 Å². The van der Waals surface area contributed by atoms with Crippen LogP contribution in [0.1, 0.15) is 5.56 Å². The SMILES string of the molecule is O=C(O)C=Cc1ccc(-c2cc[c]cc2)cc1F. The lowest BCUT2D eigenvalue weighted by Crippen LogP contribution is -1.88. The summed E-state index contributed by atoms with van der Waals surface area (Å²) in [7, 11) is 0. The van der Waals surface area contributed by atoms with Gasteiger partial charge in [-0.15, -0.1) is 0 Å². The van der Waals surface area contributed by atoms with Crippen molar-refractivity contribution in [3.05, 3.63) is 66.0 Å². The van der Waals surface area contributed by atoms with Crippen LogP contribution < -0.4 is 0 Å². The minimum Gasteiger partial charge on any atom is -0.478 e. The second-order valence-corrected chi connectivity index (χ2v) is 3.70. The number of carboxylic acids is 1. The van der Waals surface area contributed by atoms with E-state index in [1.165, 1.54) is 12.1 Å². The third kappa shape index (κ3) is 2.83. The van der Waals surface area contributed by atoms with Crippen LogP contribution in [0.2, 0.25) is 0 Å². The summed E-state index contributed by atoms with van der Waals surface area (Å²) < 4.78 is 13.7. The molecule has 0 aromatic heterocycles. The molecule has 1 N–H and O–H groups in total. The number of rotatable bonds is 3. The van der Waals surface area contributed by atoms with E-state index in [9.17, 15) is 9.18 Å². The summed E-state index contributed by atoms with van der Waals surface area (Å²) in [6, 6.07) is 14.8. The van der Waals surface area contributed by atoms with Gasteiger partial charge in [0.05, 0.1) is 0 Å². The van der Waals surface area contributed by atoms with Gasteiger partial charge >= 0.3 is 5.97 Å². The smallest absolute Gasteiger partial charge is 0.328 e. The van der Waals surface area contributed by atoms with Gasteiger partial charge in [0.15, 0.2) is 0 Å². The molecule has 0 atom stereocenters. The van der Waals surface area contributed by atoms with Crippen molar-refractivity contribution in [2.75, 3.05) is 0 Å². The fourth-order valence-corrected chi connectivity index (χ4v) is 1.58. The summed E-state index contributed by atoms with van der Waals surface area (Å²) in [6.45, 7) is 0. The van der Waals surface area contributed by atoms with Gasteiger partial charge in [-0.2, -0.15) is 0 Å². The molecule has 3 heteroatoms. The molecule has 0 bridgehead atoms. The number of carboxylic acid groups (broad SMARTS) is 1. The first-order valence-electron chi connectivity index (χ1n) is 5.34. The van der Waals surface area contributed by atoms with Crippen LogP contribution in [-0.4, -0.2) is 11.1 Å². The van der Waals surface area contributed by atoms with Crippen molar-refractivity contribution in [1.29, 1.82) is 0 Å². The first-order chi connectivity index (χ1) is 8.66. The molecule has 2 aromatic carbocycles. The van der Waals surface area contributed by atoms with E-state index in [1.807, 2.05) is 12.1 Å². The Kier molecular flexibility index (Phi) is 3.53. The van der Waals surface area contributed by atoms with Crippen LogP contribution in [0.3, 0.4) is 0 Å². The van der Waals surface area contributed by atoms with Crippen molar-refractivity contribution >= 4 is 12.0 Å². The third-order valence-electron chi connectivity index (χ3n) is 2.46. The molecule has 18 heavy (non-hydrogen) atoms. The first-order valence-corrected chi connectivity index (χ1v) is 5.34. The second kappa shape index (κ2) is 5.27. The zero-order valence-electron chi connectivity index (χ0n) is 9.43. The van der Waals surface area contributed by atoms with E-state index >= 15 is 0 Å². The van der Waals surface area contributed by atoms with E-state index in [0.717, 1.165) is 17.2 Å². The van der Waals surface area contributed by atoms with Gasteiger partial charge in [-0.1, -0.05) is 36.4 Å². The van der Waals surface area contributed by atoms with Gasteiger partial charge in [0.2, 0.25) is 0 Å². The molecule has 0 spiro atoms. The first kappa shape index (κ1) is 12.0. The number of benzene rings is 2. The standard InChI is InChI=1S/C15H10FO2/c16-14-10-13(11-4-2-1-3-5-11)7-6-12(14)8-9-15(17)18/h2-10H,(H,17,18). The molecule has 0 unspecified atom stereocenters. The van der Waals surface area contributed by atoms with Gasteiger partial charge in [0.1, 0.15) is 5.82 Å². The molecule has 2 rings (SSSR count). The minimum absolute atomic E-state index is 0.253. The van der Waals surface area contributed by atoms with E-state index in [1.54, 1.807) is 24.3 Å². The molecule has 0 saturated heterocycles. The molecule has 1 radical (unpaired) electrons. The van der Waals surface area contributed by atoms with E-state index in [2.05, 4.69) is 6.07 Å². The Morgan fingerprint density at radius 1 is 1.17 bits per heavy atom. The number of hydrogen-bond acceptors (Lipinski definition) is 1. The quantitative estimate of drug-likeness (QED) is 0.836. The van der Waals surface area contributed by atoms with Crippen molar-refractivity contribution in [2.45, 2.75) is 0 Å². The molecule has 0 heterocycles. The minimum atomic E-state index is -1.10. The number of aliphatic carboxylic acids is 1. The summed E-state index contributed by atoms with van der Waals surface area (Å²) in [5, 5.41) is 8.49. The Balaban J connectivity index is 2.34. The van der Waals surface area contributed by atoms with Gasteiger partial charge in [-0.3, -0.25) is 0 Å². The molecule has 2 aromatic rings. The van der Waals surface area contributed by atoms with Crippen LogP contribution in [-0.2, 0) is 4.79 Å². The lowest BCUT2D eigenvalue weighted by atomic mass is 10.0. The van der Waals surface area contributed by atoms with Gasteiger partial charge < -0.3 is 5.11 Å². The molecular weight excluding hydrogens is 231 g/mol. The second-order valence-electron chi connectivity index (χ2n) is 3.70. The molecule has 89 valence electrons. The molecule has 0 amide bonds. The van der Waals surface area contributed by atoms with Crippen LogP contribution in [0.25, 0.3) is 17.2 Å². The van der Waals surface area contributed by atoms with Crippen molar-refractivity contribution in [3.63, 3.8) is 0 Å². The molecule has 0 aliphatic heterocycles. The number of halogens is 1. The van der Waals surface area contributed by atoms with Crippen molar-refractivity contribution in [3.8, 4) is 11.1 Å². The highest BCUT2D eigenvalue weighted by Crippen LogP contribution is 2.22. The van der Waals surface area contributed by atoms with E-state index in [4.69, 9.17) is 5.11 Å². The van der Waals surface area contributed by atoms with Gasteiger partial charge in [0, 0.05) is 11.6 Å². The van der Waals surface area contributed by atoms with Gasteiger partial charge in [0.25, 0.3) is 0 Å². The highest BCUT2D eigenvalue weighted by Gasteiger charge is 2.03. The molecule has 2 nitrogen and oxygen atoms in total. The van der Waals surface area contributed by atoms with Crippen LogP contribution in [0.5, 0.6) is 0 Å². The van der Waals surface area contributed by atoms with Crippen LogP contribution in [0, 0.1) is 11.9 Å². The van der Waals surface area contributed by atoms with Crippen LogP contribution >= 0.6 is 0 Å². The molecule has 0 aliphatic rings. The van der Waals surface area contributed by atoms with Crippen molar-refractivity contribution in [2.24, 2.45) is 0 Å². The van der Waals surface area contributed by atoms with E-state index in [-0.39, 0.29) is 5.56 Å². The zero-order chi connectivity index (χ0) is 13.0. The lowest BCUT2D eigenvalue weighted by Gasteiger charge is -2.03. The van der Waals surface area contributed by atoms with Gasteiger partial charge in [-0.05, 0) is 29.3 Å². The summed E-state index contributed by atoms with van der Waals surface area (Å²) >= 11 is 0. The normalized spacial score (nSPS) is 10.7. The third-order valence-corrected chi connectivity index (χ3v) is 2.46. The summed E-state index contributed by atoms with van der Waals surface area (Å²) in [5.74, 6) is -1.55. The number of hydrogen-bond donors (Lipinski definition) is 1. The Morgan fingerprint density at radius 2 is 1.89 bits per heavy atom. The maximum atomic E-state index is 13.7. The van der Waals surface area contributed by atoms with Crippen molar-refractivity contribution < 1.29 is 14.3 Å². The summed E-state index contributed by atoms with van der Waals surface area (Å²) in [4.78, 5) is 10.4. The Morgan fingerprint density at radius 3 is 2.50 bits per heavy atom. The molecular formula is C15H10FO2. The predicted molar refractivity (Wildman–Crippen MR) is 67.3 cm³/mol. The highest BCUT2D eigenvalue weighted by molar-refractivity contribution is 5.85. The Bertz CT molecular complexity index is 589. The highest BCUT2D eigenvalue weighted by atomic mass is 19.1. The molecule has 0 saturated carbocycles. The van der Waals surface area contributed by atoms with Crippen LogP contribution in [0.15, 0.2) is 48.5 Å². The number of carbonyl (C=O) groups is 1. The zero-order valence-corrected chi connectivity index (χ0v) is 9.43. The van der Waals surface area contributed by atoms with Crippen molar-refractivity contribution in [1.82, 2.24) is 0 Å². The monoisotopic (exact) mass is 241 g/mol. The molecule has 0 aliphatic carbocycles. The summed E-state index contributed by atoms with van der Waals surface area (Å²) in [6.07, 6.45) is 2.15. The average molecular weight is 241 g/mol. The largest absolute Gasteiger partial charge is 0.478 e. The average Bonchev–Trinajstić information content (AvgIpc) is 2.38. The maximum Gasteiger partial charge on any atom is 0.328 e.